The van der Waals surface area contributed by atoms with Gasteiger partial charge in [-0.1, -0.05) is 19.1 Å². The highest BCUT2D eigenvalue weighted by molar-refractivity contribution is 7.99. The summed E-state index contributed by atoms with van der Waals surface area (Å²) < 4.78 is 22.6. The average molecular weight is 326 g/mol. The predicted molar refractivity (Wildman–Crippen MR) is 86.3 cm³/mol. The topological polar surface area (TPSA) is 75.3 Å². The SMILES string of the molecule is CCCSc1ccccc1NC(=O)N[C@H]1C=CS(=O)(=O)C1. The summed E-state index contributed by atoms with van der Waals surface area (Å²) in [7, 11) is -3.16. The smallest absolute Gasteiger partial charge is 0.319 e. The lowest BCUT2D eigenvalue weighted by atomic mass is 10.3. The Hall–Kier alpha value is -1.47. The molecule has 1 aromatic rings. The molecule has 21 heavy (non-hydrogen) atoms. The van der Waals surface area contributed by atoms with Gasteiger partial charge in [0.1, 0.15) is 0 Å². The van der Waals surface area contributed by atoms with E-state index in [9.17, 15) is 13.2 Å². The molecule has 114 valence electrons. The molecule has 2 N–H and O–H groups in total. The number of para-hydroxylation sites is 1. The van der Waals surface area contributed by atoms with Gasteiger partial charge in [0, 0.05) is 10.3 Å². The monoisotopic (exact) mass is 326 g/mol. The zero-order valence-corrected chi connectivity index (χ0v) is 13.3. The molecule has 0 radical (unpaired) electrons. The molecule has 0 saturated carbocycles. The van der Waals surface area contributed by atoms with Crippen molar-refractivity contribution in [2.45, 2.75) is 24.3 Å². The molecule has 1 aliphatic heterocycles. The van der Waals surface area contributed by atoms with Crippen LogP contribution in [0.15, 0.2) is 40.6 Å². The van der Waals surface area contributed by atoms with Crippen LogP contribution >= 0.6 is 11.8 Å². The highest BCUT2D eigenvalue weighted by Gasteiger charge is 2.23. The summed E-state index contributed by atoms with van der Waals surface area (Å²) in [5, 5.41) is 6.56. The van der Waals surface area contributed by atoms with Gasteiger partial charge in [0.25, 0.3) is 0 Å². The lowest BCUT2D eigenvalue weighted by molar-refractivity contribution is 0.251. The van der Waals surface area contributed by atoms with Crippen LogP contribution < -0.4 is 10.6 Å². The highest BCUT2D eigenvalue weighted by atomic mass is 32.2. The summed E-state index contributed by atoms with van der Waals surface area (Å²) >= 11 is 1.68. The van der Waals surface area contributed by atoms with Gasteiger partial charge in [0.2, 0.25) is 0 Å². The van der Waals surface area contributed by atoms with E-state index >= 15 is 0 Å². The van der Waals surface area contributed by atoms with E-state index in [2.05, 4.69) is 17.6 Å². The summed E-state index contributed by atoms with van der Waals surface area (Å²) in [6.07, 6.45) is 2.54. The van der Waals surface area contributed by atoms with Gasteiger partial charge in [-0.05, 0) is 30.4 Å². The minimum atomic E-state index is -3.16. The van der Waals surface area contributed by atoms with Gasteiger partial charge in [-0.2, -0.15) is 0 Å². The van der Waals surface area contributed by atoms with E-state index in [4.69, 9.17) is 0 Å². The molecule has 1 atom stereocenters. The van der Waals surface area contributed by atoms with Gasteiger partial charge >= 0.3 is 6.03 Å². The number of carbonyl (C=O) groups excluding carboxylic acids is 1. The Bertz CT molecular complexity index is 641. The molecule has 1 aliphatic rings. The lowest BCUT2D eigenvalue weighted by Gasteiger charge is -2.13. The van der Waals surface area contributed by atoms with Crippen molar-refractivity contribution >= 4 is 33.3 Å². The maximum atomic E-state index is 11.9. The number of nitrogens with one attached hydrogen (secondary N) is 2. The van der Waals surface area contributed by atoms with E-state index in [0.29, 0.717) is 0 Å². The Morgan fingerprint density at radius 1 is 1.38 bits per heavy atom. The van der Waals surface area contributed by atoms with Crippen molar-refractivity contribution in [1.29, 1.82) is 0 Å². The molecule has 0 aliphatic carbocycles. The normalized spacial score (nSPS) is 19.4. The van der Waals surface area contributed by atoms with E-state index < -0.39 is 21.9 Å². The standard InChI is InChI=1S/C14H18N2O3S2/c1-2-8-20-13-6-4-3-5-12(13)16-14(17)15-11-7-9-21(18,19)10-11/h3-7,9,11H,2,8,10H2,1H3,(H2,15,16,17)/t11-/m0/s1. The predicted octanol–water partition coefficient (Wildman–Crippen LogP) is 2.62. The van der Waals surface area contributed by atoms with Gasteiger partial charge in [-0.15, -0.1) is 11.8 Å². The number of anilines is 1. The minimum Gasteiger partial charge on any atom is -0.331 e. The molecule has 0 unspecified atom stereocenters. The summed E-state index contributed by atoms with van der Waals surface area (Å²) in [6, 6.07) is 6.70. The number of amides is 2. The van der Waals surface area contributed by atoms with Crippen LogP contribution in [0.4, 0.5) is 10.5 Å². The van der Waals surface area contributed by atoms with Gasteiger partial charge in [-0.3, -0.25) is 0 Å². The maximum absolute atomic E-state index is 11.9. The Morgan fingerprint density at radius 2 is 2.14 bits per heavy atom. The van der Waals surface area contributed by atoms with Gasteiger partial charge in [0.15, 0.2) is 9.84 Å². The number of sulfone groups is 1. The highest BCUT2D eigenvalue weighted by Crippen LogP contribution is 2.27. The molecule has 7 heteroatoms. The van der Waals surface area contributed by atoms with Crippen LogP contribution in [0.2, 0.25) is 0 Å². The third-order valence-electron chi connectivity index (χ3n) is 2.84. The Kier molecular flexibility index (Phi) is 5.30. The second-order valence-corrected chi connectivity index (χ2v) is 7.78. The molecule has 1 aromatic carbocycles. The first-order valence-electron chi connectivity index (χ1n) is 6.70. The van der Waals surface area contributed by atoms with Gasteiger partial charge in [-0.25, -0.2) is 13.2 Å². The van der Waals surface area contributed by atoms with Crippen LogP contribution in [0.25, 0.3) is 0 Å². The number of hydrogen-bond donors (Lipinski definition) is 2. The first-order chi connectivity index (χ1) is 10.00. The lowest BCUT2D eigenvalue weighted by Crippen LogP contribution is -2.38. The number of urea groups is 1. The van der Waals surface area contributed by atoms with Crippen LogP contribution in [0, 0.1) is 0 Å². The summed E-state index contributed by atoms with van der Waals surface area (Å²) in [4.78, 5) is 12.9. The zero-order valence-electron chi connectivity index (χ0n) is 11.7. The second kappa shape index (κ2) is 7.00. The molecule has 2 rings (SSSR count). The molecular formula is C14H18N2O3S2. The van der Waals surface area contributed by atoms with Crippen molar-refractivity contribution in [3.63, 3.8) is 0 Å². The van der Waals surface area contributed by atoms with Crippen LogP contribution in [0.3, 0.4) is 0 Å². The van der Waals surface area contributed by atoms with E-state index in [1.165, 1.54) is 6.08 Å². The van der Waals surface area contributed by atoms with Gasteiger partial charge < -0.3 is 10.6 Å². The number of hydrogen-bond acceptors (Lipinski definition) is 4. The number of thioether (sulfide) groups is 1. The van der Waals surface area contributed by atoms with Crippen molar-refractivity contribution in [1.82, 2.24) is 5.32 Å². The van der Waals surface area contributed by atoms with Gasteiger partial charge in [0.05, 0.1) is 17.5 Å². The quantitative estimate of drug-likeness (QED) is 0.816. The van der Waals surface area contributed by atoms with E-state index in [1.54, 1.807) is 11.8 Å². The number of carbonyl (C=O) groups is 1. The fourth-order valence-electron chi connectivity index (χ4n) is 1.90. The van der Waals surface area contributed by atoms with Crippen molar-refractivity contribution in [3.8, 4) is 0 Å². The van der Waals surface area contributed by atoms with E-state index in [0.717, 1.165) is 28.2 Å². The Balaban J connectivity index is 1.95. The Labute approximate surface area is 129 Å². The maximum Gasteiger partial charge on any atom is 0.319 e. The number of benzene rings is 1. The molecule has 0 bridgehead atoms. The van der Waals surface area contributed by atoms with Crippen molar-refractivity contribution in [2.75, 3.05) is 16.8 Å². The molecule has 0 fully saturated rings. The zero-order chi connectivity index (χ0) is 15.3. The average Bonchev–Trinajstić information content (AvgIpc) is 2.76. The molecule has 0 spiro atoms. The molecular weight excluding hydrogens is 308 g/mol. The third-order valence-corrected chi connectivity index (χ3v) is 5.52. The summed E-state index contributed by atoms with van der Waals surface area (Å²) in [6.45, 7) is 2.10. The molecule has 1 heterocycles. The largest absolute Gasteiger partial charge is 0.331 e. The van der Waals surface area contributed by atoms with E-state index in [1.807, 2.05) is 24.3 Å². The molecule has 5 nitrogen and oxygen atoms in total. The fourth-order valence-corrected chi connectivity index (χ4v) is 4.01. The van der Waals surface area contributed by atoms with E-state index in [-0.39, 0.29) is 5.75 Å². The van der Waals surface area contributed by atoms with Crippen LogP contribution in [0.1, 0.15) is 13.3 Å². The molecule has 0 aromatic heterocycles. The van der Waals surface area contributed by atoms with Crippen LogP contribution in [-0.4, -0.2) is 32.0 Å². The Morgan fingerprint density at radius 3 is 2.81 bits per heavy atom. The fraction of sp³-hybridized carbons (Fsp3) is 0.357. The van der Waals surface area contributed by atoms with Crippen LogP contribution in [0.5, 0.6) is 0 Å². The minimum absolute atomic E-state index is 0.0767. The summed E-state index contributed by atoms with van der Waals surface area (Å²) in [5.41, 5.74) is 0.735. The van der Waals surface area contributed by atoms with Crippen molar-refractivity contribution < 1.29 is 13.2 Å². The van der Waals surface area contributed by atoms with Crippen molar-refractivity contribution in [3.05, 3.63) is 35.7 Å². The molecule has 0 saturated heterocycles. The van der Waals surface area contributed by atoms with Crippen LogP contribution in [-0.2, 0) is 9.84 Å². The van der Waals surface area contributed by atoms with Crippen molar-refractivity contribution in [2.24, 2.45) is 0 Å². The molecule has 2 amide bonds. The number of rotatable bonds is 5. The first kappa shape index (κ1) is 15.9. The third kappa shape index (κ3) is 4.78. The second-order valence-electron chi connectivity index (χ2n) is 4.71. The first-order valence-corrected chi connectivity index (χ1v) is 9.40. The summed E-state index contributed by atoms with van der Waals surface area (Å²) in [5.74, 6) is 0.899.